The normalized spacial score (nSPS) is 11.6. The molecule has 0 aliphatic rings. The molecule has 0 saturated heterocycles. The van der Waals surface area contributed by atoms with Crippen LogP contribution in [-0.4, -0.2) is 26.8 Å². The third-order valence-electron chi connectivity index (χ3n) is 2.54. The van der Waals surface area contributed by atoms with Gasteiger partial charge in [0.25, 0.3) is 0 Å². The Morgan fingerprint density at radius 1 is 1.29 bits per heavy atom. The molecule has 0 amide bonds. The van der Waals surface area contributed by atoms with Crippen molar-refractivity contribution in [3.8, 4) is 23.8 Å². The highest BCUT2D eigenvalue weighted by atomic mass is 16.5. The lowest BCUT2D eigenvalue weighted by molar-refractivity contribution is 0.354. The second kappa shape index (κ2) is 6.82. The third kappa shape index (κ3) is 4.01. The van der Waals surface area contributed by atoms with E-state index in [4.69, 9.17) is 15.9 Å². The van der Waals surface area contributed by atoms with Gasteiger partial charge in [-0.3, -0.25) is 0 Å². The Morgan fingerprint density at radius 2 is 2.00 bits per heavy atom. The standard InChI is InChI=1S/C14H19NO2/c1-5-8-15-11(2)9-12-6-7-13(16-3)14(10-12)17-4/h1,6-7,10-11,15H,8-9H2,2-4H3. The quantitative estimate of drug-likeness (QED) is 0.761. The van der Waals surface area contributed by atoms with E-state index in [-0.39, 0.29) is 0 Å². The summed E-state index contributed by atoms with van der Waals surface area (Å²) in [5.74, 6) is 4.08. The van der Waals surface area contributed by atoms with Crippen LogP contribution in [0.15, 0.2) is 18.2 Å². The zero-order valence-electron chi connectivity index (χ0n) is 10.6. The second-order valence-corrected chi connectivity index (χ2v) is 3.88. The molecule has 0 saturated carbocycles. The van der Waals surface area contributed by atoms with Crippen molar-refractivity contribution in [2.45, 2.75) is 19.4 Å². The van der Waals surface area contributed by atoms with Gasteiger partial charge in [-0.2, -0.15) is 0 Å². The molecule has 0 aliphatic carbocycles. The molecule has 1 rings (SSSR count). The first-order valence-electron chi connectivity index (χ1n) is 5.59. The summed E-state index contributed by atoms with van der Waals surface area (Å²) in [5, 5.41) is 3.24. The van der Waals surface area contributed by atoms with Crippen LogP contribution in [0, 0.1) is 12.3 Å². The largest absolute Gasteiger partial charge is 0.493 e. The Labute approximate surface area is 103 Å². The van der Waals surface area contributed by atoms with Gasteiger partial charge >= 0.3 is 0 Å². The van der Waals surface area contributed by atoms with Gasteiger partial charge in [0.15, 0.2) is 11.5 Å². The lowest BCUT2D eigenvalue weighted by Crippen LogP contribution is -2.28. The van der Waals surface area contributed by atoms with E-state index in [9.17, 15) is 0 Å². The van der Waals surface area contributed by atoms with Crippen molar-refractivity contribution in [2.24, 2.45) is 0 Å². The van der Waals surface area contributed by atoms with E-state index in [1.807, 2.05) is 18.2 Å². The molecule has 1 aromatic carbocycles. The molecule has 0 fully saturated rings. The minimum Gasteiger partial charge on any atom is -0.493 e. The van der Waals surface area contributed by atoms with Crippen molar-refractivity contribution >= 4 is 0 Å². The van der Waals surface area contributed by atoms with Crippen LogP contribution in [-0.2, 0) is 6.42 Å². The molecule has 3 heteroatoms. The van der Waals surface area contributed by atoms with Crippen molar-refractivity contribution in [3.63, 3.8) is 0 Å². The molecule has 1 N–H and O–H groups in total. The number of hydrogen-bond donors (Lipinski definition) is 1. The Balaban J connectivity index is 2.69. The molecule has 0 aliphatic heterocycles. The fraction of sp³-hybridized carbons (Fsp3) is 0.429. The van der Waals surface area contributed by atoms with E-state index < -0.39 is 0 Å². The number of methoxy groups -OCH3 is 2. The van der Waals surface area contributed by atoms with Gasteiger partial charge in [-0.15, -0.1) is 6.42 Å². The van der Waals surface area contributed by atoms with E-state index in [2.05, 4.69) is 18.2 Å². The molecular formula is C14H19NO2. The molecule has 1 aromatic rings. The summed E-state index contributed by atoms with van der Waals surface area (Å²) < 4.78 is 10.5. The molecule has 3 nitrogen and oxygen atoms in total. The Bertz CT molecular complexity index is 396. The van der Waals surface area contributed by atoms with Gasteiger partial charge < -0.3 is 14.8 Å². The molecule has 1 atom stereocenters. The minimum atomic E-state index is 0.337. The number of terminal acetylenes is 1. The predicted molar refractivity (Wildman–Crippen MR) is 69.5 cm³/mol. The van der Waals surface area contributed by atoms with Gasteiger partial charge in [-0.25, -0.2) is 0 Å². The van der Waals surface area contributed by atoms with Gasteiger partial charge in [0.1, 0.15) is 0 Å². The Kier molecular flexibility index (Phi) is 5.38. The Hall–Kier alpha value is -1.66. The average Bonchev–Trinajstić information content (AvgIpc) is 2.36. The summed E-state index contributed by atoms with van der Waals surface area (Å²) in [6.45, 7) is 2.70. The van der Waals surface area contributed by atoms with Crippen LogP contribution in [0.1, 0.15) is 12.5 Å². The summed E-state index contributed by atoms with van der Waals surface area (Å²) in [6, 6.07) is 6.29. The number of ether oxygens (including phenoxy) is 2. The maximum atomic E-state index is 5.26. The smallest absolute Gasteiger partial charge is 0.160 e. The molecule has 0 radical (unpaired) electrons. The minimum absolute atomic E-state index is 0.337. The van der Waals surface area contributed by atoms with E-state index >= 15 is 0 Å². The fourth-order valence-corrected chi connectivity index (χ4v) is 1.67. The SMILES string of the molecule is C#CCNC(C)Cc1ccc(OC)c(OC)c1. The first-order valence-corrected chi connectivity index (χ1v) is 5.59. The van der Waals surface area contributed by atoms with Crippen molar-refractivity contribution in [3.05, 3.63) is 23.8 Å². The number of hydrogen-bond acceptors (Lipinski definition) is 3. The molecule has 17 heavy (non-hydrogen) atoms. The topological polar surface area (TPSA) is 30.5 Å². The van der Waals surface area contributed by atoms with Crippen LogP contribution in [0.5, 0.6) is 11.5 Å². The first-order chi connectivity index (χ1) is 8.21. The summed E-state index contributed by atoms with van der Waals surface area (Å²) in [5.41, 5.74) is 1.19. The monoisotopic (exact) mass is 233 g/mol. The van der Waals surface area contributed by atoms with E-state index in [1.165, 1.54) is 5.56 Å². The highest BCUT2D eigenvalue weighted by Crippen LogP contribution is 2.27. The highest BCUT2D eigenvalue weighted by molar-refractivity contribution is 5.43. The zero-order valence-corrected chi connectivity index (χ0v) is 10.6. The van der Waals surface area contributed by atoms with Crippen molar-refractivity contribution < 1.29 is 9.47 Å². The summed E-state index contributed by atoms with van der Waals surface area (Å²) in [4.78, 5) is 0. The Morgan fingerprint density at radius 3 is 2.59 bits per heavy atom. The van der Waals surface area contributed by atoms with Gasteiger partial charge in [-0.1, -0.05) is 12.0 Å². The number of nitrogens with one attached hydrogen (secondary N) is 1. The van der Waals surface area contributed by atoms with Gasteiger partial charge in [-0.05, 0) is 31.0 Å². The van der Waals surface area contributed by atoms with Crippen molar-refractivity contribution in [1.82, 2.24) is 5.32 Å². The summed E-state index contributed by atoms with van der Waals surface area (Å²) in [6.07, 6.45) is 6.11. The molecule has 0 heterocycles. The third-order valence-corrected chi connectivity index (χ3v) is 2.54. The summed E-state index contributed by atoms with van der Waals surface area (Å²) >= 11 is 0. The zero-order chi connectivity index (χ0) is 12.7. The maximum absolute atomic E-state index is 5.26. The maximum Gasteiger partial charge on any atom is 0.160 e. The fourth-order valence-electron chi connectivity index (χ4n) is 1.67. The van der Waals surface area contributed by atoms with E-state index in [0.717, 1.165) is 17.9 Å². The van der Waals surface area contributed by atoms with E-state index in [0.29, 0.717) is 12.6 Å². The van der Waals surface area contributed by atoms with Crippen LogP contribution in [0.3, 0.4) is 0 Å². The van der Waals surface area contributed by atoms with Crippen molar-refractivity contribution in [2.75, 3.05) is 20.8 Å². The molecule has 0 aromatic heterocycles. The molecule has 0 spiro atoms. The highest BCUT2D eigenvalue weighted by Gasteiger charge is 2.07. The predicted octanol–water partition coefficient (Wildman–Crippen LogP) is 1.86. The van der Waals surface area contributed by atoms with Gasteiger partial charge in [0.2, 0.25) is 0 Å². The molecule has 1 unspecified atom stereocenters. The first kappa shape index (κ1) is 13.4. The van der Waals surface area contributed by atoms with Gasteiger partial charge in [0.05, 0.1) is 20.8 Å². The lowest BCUT2D eigenvalue weighted by Gasteiger charge is -2.14. The summed E-state index contributed by atoms with van der Waals surface area (Å²) in [7, 11) is 3.27. The van der Waals surface area contributed by atoms with Crippen LogP contribution >= 0.6 is 0 Å². The van der Waals surface area contributed by atoms with Crippen molar-refractivity contribution in [1.29, 1.82) is 0 Å². The average molecular weight is 233 g/mol. The molecular weight excluding hydrogens is 214 g/mol. The van der Waals surface area contributed by atoms with Gasteiger partial charge in [0, 0.05) is 6.04 Å². The number of rotatable bonds is 6. The van der Waals surface area contributed by atoms with Crippen LogP contribution in [0.2, 0.25) is 0 Å². The van der Waals surface area contributed by atoms with Crippen LogP contribution in [0.4, 0.5) is 0 Å². The number of benzene rings is 1. The van der Waals surface area contributed by atoms with Crippen LogP contribution in [0.25, 0.3) is 0 Å². The lowest BCUT2D eigenvalue weighted by atomic mass is 10.1. The molecule has 92 valence electrons. The second-order valence-electron chi connectivity index (χ2n) is 3.88. The van der Waals surface area contributed by atoms with E-state index in [1.54, 1.807) is 14.2 Å². The van der Waals surface area contributed by atoms with Crippen LogP contribution < -0.4 is 14.8 Å². The molecule has 0 bridgehead atoms.